The summed E-state index contributed by atoms with van der Waals surface area (Å²) >= 11 is 0. The summed E-state index contributed by atoms with van der Waals surface area (Å²) in [5.74, 6) is -1.70. The normalized spacial score (nSPS) is 26.2. The second-order valence-electron chi connectivity index (χ2n) is 12.1. The zero-order chi connectivity index (χ0) is 30.0. The van der Waals surface area contributed by atoms with Gasteiger partial charge in [-0.25, -0.2) is 0 Å². The third kappa shape index (κ3) is 4.40. The van der Waals surface area contributed by atoms with Crippen LogP contribution in [0.25, 0.3) is 18.2 Å². The van der Waals surface area contributed by atoms with E-state index in [1.54, 1.807) is 0 Å². The van der Waals surface area contributed by atoms with E-state index in [2.05, 4.69) is 69.0 Å². The summed E-state index contributed by atoms with van der Waals surface area (Å²) in [6.45, 7) is 17.0. The quantitative estimate of drug-likeness (QED) is 0.364. The SMILES string of the molecule is CC1=C(C)C2(C)N=C1/C=c1\[nH]/c(c(CCC(=O)O)c1C)=C\c1[nH]c(c(C)c1CCC(=O)O)/C=C1\NC2(C)C(C)=C1C. The van der Waals surface area contributed by atoms with Gasteiger partial charge >= 0.3 is 11.9 Å². The standard InChI is InChI=1S/C33H40N4O4/c1-16-20(5)32(7)33(8)21(6)17(2)27(37-33)14-25-19(4)23(10-12-31(40)41)29(35-25)15-28-22(9-11-30(38)39)18(3)24(34-28)13-26(16)36-32/h13-15,34-36H,9-12H2,1-8H3,(H,38,39)(H,40,41)/b25-14-,26-13-,29-15-. The minimum atomic E-state index is -0.851. The zero-order valence-corrected chi connectivity index (χ0v) is 25.2. The highest BCUT2D eigenvalue weighted by atomic mass is 16.4. The molecule has 0 aliphatic carbocycles. The number of aromatic amines is 2. The van der Waals surface area contributed by atoms with Gasteiger partial charge in [-0.3, -0.25) is 14.6 Å². The van der Waals surface area contributed by atoms with Crippen molar-refractivity contribution in [2.45, 2.75) is 92.2 Å². The first-order valence-electron chi connectivity index (χ1n) is 14.2. The summed E-state index contributed by atoms with van der Waals surface area (Å²) < 4.78 is 0. The summed E-state index contributed by atoms with van der Waals surface area (Å²) in [4.78, 5) is 35.6. The van der Waals surface area contributed by atoms with E-state index in [4.69, 9.17) is 4.99 Å². The van der Waals surface area contributed by atoms with Crippen LogP contribution >= 0.6 is 0 Å². The topological polar surface area (TPSA) is 131 Å². The number of hydrogen-bond acceptors (Lipinski definition) is 4. The molecule has 0 aromatic carbocycles. The lowest BCUT2D eigenvalue weighted by molar-refractivity contribution is -0.138. The van der Waals surface area contributed by atoms with Crippen molar-refractivity contribution in [3.63, 3.8) is 0 Å². The molecule has 3 aliphatic rings. The second kappa shape index (κ2) is 9.79. The second-order valence-corrected chi connectivity index (χ2v) is 12.1. The molecule has 0 saturated carbocycles. The maximum Gasteiger partial charge on any atom is 0.303 e. The maximum atomic E-state index is 11.5. The van der Waals surface area contributed by atoms with Crippen molar-refractivity contribution < 1.29 is 19.8 Å². The van der Waals surface area contributed by atoms with E-state index < -0.39 is 23.0 Å². The molecule has 8 bridgehead atoms. The molecule has 0 spiro atoms. The molecule has 2 unspecified atom stereocenters. The van der Waals surface area contributed by atoms with Crippen LogP contribution in [0.5, 0.6) is 0 Å². The number of carboxylic acids is 2. The first-order chi connectivity index (χ1) is 19.2. The maximum absolute atomic E-state index is 11.5. The molecule has 5 N–H and O–H groups in total. The van der Waals surface area contributed by atoms with Crippen molar-refractivity contribution in [1.29, 1.82) is 0 Å². The highest BCUT2D eigenvalue weighted by molar-refractivity contribution is 6.22. The van der Waals surface area contributed by atoms with Gasteiger partial charge in [0.05, 0.1) is 11.3 Å². The van der Waals surface area contributed by atoms with E-state index >= 15 is 0 Å². The number of carboxylic acid groups (broad SMARTS) is 2. The Hall–Kier alpha value is -4.07. The third-order valence-electron chi connectivity index (χ3n) is 10.0. The molecule has 216 valence electrons. The van der Waals surface area contributed by atoms with Gasteiger partial charge in [0.25, 0.3) is 0 Å². The van der Waals surface area contributed by atoms with Crippen LogP contribution < -0.4 is 16.0 Å². The van der Waals surface area contributed by atoms with Gasteiger partial charge in [0.15, 0.2) is 0 Å². The molecule has 2 aromatic heterocycles. The molecule has 5 heterocycles. The number of aliphatic carboxylic acids is 2. The summed E-state index contributed by atoms with van der Waals surface area (Å²) in [6.07, 6.45) is 6.99. The molecule has 0 radical (unpaired) electrons. The average Bonchev–Trinajstić information content (AvgIpc) is 3.51. The van der Waals surface area contributed by atoms with Gasteiger partial charge in [0.1, 0.15) is 5.54 Å². The smallest absolute Gasteiger partial charge is 0.303 e. The Morgan fingerprint density at radius 3 is 2.02 bits per heavy atom. The van der Waals surface area contributed by atoms with Crippen LogP contribution in [0.1, 0.15) is 88.0 Å². The van der Waals surface area contributed by atoms with Crippen LogP contribution in [0.3, 0.4) is 0 Å². The average molecular weight is 557 g/mol. The number of allylic oxidation sites excluding steroid dienone is 2. The van der Waals surface area contributed by atoms with E-state index in [0.717, 1.165) is 61.3 Å². The Balaban J connectivity index is 1.86. The van der Waals surface area contributed by atoms with E-state index in [0.29, 0.717) is 12.8 Å². The predicted octanol–water partition coefficient (Wildman–Crippen LogP) is 4.21. The Morgan fingerprint density at radius 1 is 0.756 bits per heavy atom. The Bertz CT molecular complexity index is 1760. The lowest BCUT2D eigenvalue weighted by atomic mass is 9.71. The Morgan fingerprint density at radius 2 is 1.39 bits per heavy atom. The third-order valence-corrected chi connectivity index (χ3v) is 10.0. The van der Waals surface area contributed by atoms with Crippen LogP contribution in [0.15, 0.2) is 33.0 Å². The molecule has 8 heteroatoms. The number of carbonyl (C=O) groups is 2. The molecule has 0 saturated heterocycles. The van der Waals surface area contributed by atoms with Crippen LogP contribution in [0.2, 0.25) is 0 Å². The molecular formula is C33H40N4O4. The lowest BCUT2D eigenvalue weighted by Gasteiger charge is -2.42. The number of fused-ring (bicyclic) bond motifs is 8. The molecule has 0 amide bonds. The fraction of sp³-hybridized carbons (Fsp3) is 0.424. The summed E-state index contributed by atoms with van der Waals surface area (Å²) in [5, 5.41) is 24.5. The predicted molar refractivity (Wildman–Crippen MR) is 162 cm³/mol. The molecule has 2 aromatic rings. The molecule has 8 nitrogen and oxygen atoms in total. The monoisotopic (exact) mass is 556 g/mol. The van der Waals surface area contributed by atoms with Crippen molar-refractivity contribution in [2.24, 2.45) is 4.99 Å². The van der Waals surface area contributed by atoms with Gasteiger partial charge in [-0.1, -0.05) is 0 Å². The van der Waals surface area contributed by atoms with Gasteiger partial charge in [-0.2, -0.15) is 0 Å². The fourth-order valence-electron chi connectivity index (χ4n) is 6.68. The first kappa shape index (κ1) is 28.5. The molecule has 0 fully saturated rings. The van der Waals surface area contributed by atoms with Gasteiger partial charge in [-0.15, -0.1) is 0 Å². The molecule has 3 aliphatic heterocycles. The zero-order valence-electron chi connectivity index (χ0n) is 25.2. The highest BCUT2D eigenvalue weighted by Crippen LogP contribution is 2.48. The first-order valence-corrected chi connectivity index (χ1v) is 14.2. The van der Waals surface area contributed by atoms with Crippen molar-refractivity contribution in [1.82, 2.24) is 15.3 Å². The van der Waals surface area contributed by atoms with Gasteiger partial charge in [0.2, 0.25) is 0 Å². The van der Waals surface area contributed by atoms with E-state index in [9.17, 15) is 19.8 Å². The number of H-pyrrole nitrogens is 2. The summed E-state index contributed by atoms with van der Waals surface area (Å²) in [7, 11) is 0. The van der Waals surface area contributed by atoms with Gasteiger partial charge in [0, 0.05) is 40.6 Å². The Kier molecular flexibility index (Phi) is 6.79. The van der Waals surface area contributed by atoms with E-state index in [-0.39, 0.29) is 12.8 Å². The van der Waals surface area contributed by atoms with Crippen molar-refractivity contribution in [3.05, 3.63) is 72.3 Å². The van der Waals surface area contributed by atoms with Crippen molar-refractivity contribution in [2.75, 3.05) is 0 Å². The van der Waals surface area contributed by atoms with Crippen molar-refractivity contribution in [3.8, 4) is 0 Å². The molecular weight excluding hydrogens is 516 g/mol. The Labute approximate surface area is 240 Å². The number of rotatable bonds is 6. The number of hydrogen-bond donors (Lipinski definition) is 5. The van der Waals surface area contributed by atoms with Crippen LogP contribution in [-0.2, 0) is 22.4 Å². The summed E-state index contributed by atoms with van der Waals surface area (Å²) in [6, 6.07) is 0. The van der Waals surface area contributed by atoms with E-state index in [1.807, 2.05) is 19.9 Å². The van der Waals surface area contributed by atoms with Crippen molar-refractivity contribution >= 4 is 35.9 Å². The van der Waals surface area contributed by atoms with Crippen LogP contribution in [0.4, 0.5) is 0 Å². The largest absolute Gasteiger partial charge is 0.481 e. The number of aromatic nitrogens is 2. The van der Waals surface area contributed by atoms with Crippen LogP contribution in [0, 0.1) is 13.8 Å². The van der Waals surface area contributed by atoms with Crippen LogP contribution in [-0.4, -0.2) is 48.9 Å². The minimum Gasteiger partial charge on any atom is -0.481 e. The molecule has 5 rings (SSSR count). The number of nitrogens with one attached hydrogen (secondary N) is 3. The van der Waals surface area contributed by atoms with E-state index in [1.165, 1.54) is 16.7 Å². The number of nitrogens with zero attached hydrogens (tertiary/aromatic N) is 1. The minimum absolute atomic E-state index is 0.0112. The highest BCUT2D eigenvalue weighted by Gasteiger charge is 2.53. The van der Waals surface area contributed by atoms with Gasteiger partial charge < -0.3 is 25.5 Å². The molecule has 2 atom stereocenters. The lowest BCUT2D eigenvalue weighted by Crippen LogP contribution is -2.56. The number of aliphatic imine (C=N–C) groups is 1. The molecule has 41 heavy (non-hydrogen) atoms. The fourth-order valence-corrected chi connectivity index (χ4v) is 6.68. The van der Waals surface area contributed by atoms with Gasteiger partial charge in [-0.05, 0) is 131 Å². The summed E-state index contributed by atoms with van der Waals surface area (Å²) in [5.41, 5.74) is 11.3.